The number of para-hydroxylation sites is 1. The van der Waals surface area contributed by atoms with Crippen LogP contribution in [0.15, 0.2) is 54.2 Å². The number of carbonyl (C=O) groups excluding carboxylic acids is 2. The van der Waals surface area contributed by atoms with Crippen molar-refractivity contribution in [2.75, 3.05) is 26.9 Å². The molecule has 0 aliphatic carbocycles. The van der Waals surface area contributed by atoms with Crippen molar-refractivity contribution in [2.45, 2.75) is 19.4 Å². The van der Waals surface area contributed by atoms with Gasteiger partial charge in [0.05, 0.1) is 23.2 Å². The lowest BCUT2D eigenvalue weighted by molar-refractivity contribution is -0.140. The second kappa shape index (κ2) is 9.91. The molecule has 1 N–H and O–H groups in total. The van der Waals surface area contributed by atoms with Crippen LogP contribution in [0, 0.1) is 0 Å². The number of aromatic nitrogens is 1. The van der Waals surface area contributed by atoms with Gasteiger partial charge in [-0.25, -0.2) is 0 Å². The smallest absolute Gasteiger partial charge is 0.295 e. The zero-order valence-electron chi connectivity index (χ0n) is 19.4. The summed E-state index contributed by atoms with van der Waals surface area (Å²) in [6, 6.07) is 11.9. The van der Waals surface area contributed by atoms with E-state index in [0.717, 1.165) is 16.5 Å². The third-order valence-corrected chi connectivity index (χ3v) is 6.34. The summed E-state index contributed by atoms with van der Waals surface area (Å²) >= 11 is 6.41. The van der Waals surface area contributed by atoms with Crippen molar-refractivity contribution in [2.24, 2.45) is 7.05 Å². The molecule has 3 aromatic rings. The summed E-state index contributed by atoms with van der Waals surface area (Å²) in [6.45, 7) is 3.02. The molecule has 2 aromatic carbocycles. The molecular weight excluding hydrogens is 456 g/mol. The number of carbonyl (C=O) groups is 2. The number of benzene rings is 2. The second-order valence-corrected chi connectivity index (χ2v) is 8.53. The third-order valence-electron chi connectivity index (χ3n) is 6.01. The van der Waals surface area contributed by atoms with Gasteiger partial charge in [0.25, 0.3) is 11.7 Å². The molecule has 1 amide bonds. The van der Waals surface area contributed by atoms with Gasteiger partial charge in [0, 0.05) is 55.5 Å². The number of hydrogen-bond donors (Lipinski definition) is 1. The van der Waals surface area contributed by atoms with E-state index in [0.29, 0.717) is 31.9 Å². The Morgan fingerprint density at radius 2 is 1.94 bits per heavy atom. The molecule has 0 spiro atoms. The minimum atomic E-state index is -0.769. The summed E-state index contributed by atoms with van der Waals surface area (Å²) in [5.41, 5.74) is 1.96. The molecule has 8 heteroatoms. The summed E-state index contributed by atoms with van der Waals surface area (Å²) in [7, 11) is 3.50. The topological polar surface area (TPSA) is 81.0 Å². The molecule has 1 aliphatic rings. The predicted octanol–water partition coefficient (Wildman–Crippen LogP) is 4.69. The summed E-state index contributed by atoms with van der Waals surface area (Å²) in [5, 5.41) is 12.5. The van der Waals surface area contributed by atoms with Crippen molar-refractivity contribution in [3.63, 3.8) is 0 Å². The number of likely N-dealkylation sites (tertiary alicyclic amines) is 1. The van der Waals surface area contributed by atoms with Crippen LogP contribution in [-0.2, 0) is 21.4 Å². The summed E-state index contributed by atoms with van der Waals surface area (Å²) in [5.74, 6) is -1.22. The summed E-state index contributed by atoms with van der Waals surface area (Å²) in [4.78, 5) is 28.0. The van der Waals surface area contributed by atoms with Gasteiger partial charge in [0.2, 0.25) is 0 Å². The second-order valence-electron chi connectivity index (χ2n) is 8.13. The average Bonchev–Trinajstić information content (AvgIpc) is 3.29. The molecule has 1 aromatic heterocycles. The highest BCUT2D eigenvalue weighted by molar-refractivity contribution is 6.47. The molecule has 2 heterocycles. The van der Waals surface area contributed by atoms with Crippen LogP contribution >= 0.6 is 11.6 Å². The molecule has 0 bridgehead atoms. The van der Waals surface area contributed by atoms with Gasteiger partial charge >= 0.3 is 0 Å². The van der Waals surface area contributed by atoms with Gasteiger partial charge < -0.3 is 24.0 Å². The van der Waals surface area contributed by atoms with Crippen LogP contribution < -0.4 is 4.74 Å². The Balaban J connectivity index is 1.93. The number of Topliss-reactive ketones (excluding diaryl/α,β-unsaturated/α-hetero) is 1. The Labute approximate surface area is 203 Å². The Hall–Kier alpha value is -3.29. The number of aliphatic hydroxyl groups excluding tert-OH is 1. The first kappa shape index (κ1) is 23.9. The standard InChI is InChI=1S/C26H27ClN2O5/c1-4-34-16-10-11-20(27)18(14-16)24(30)22-23(29(12-7-13-33-3)26(32)25(22)31)19-15-28(2)21-9-6-5-8-17(19)21/h5-6,8-11,14-15,23,30H,4,7,12-13H2,1-3H3/b24-22+. The highest BCUT2D eigenvalue weighted by Crippen LogP contribution is 2.43. The highest BCUT2D eigenvalue weighted by Gasteiger charge is 2.47. The zero-order chi connectivity index (χ0) is 24.4. The molecule has 178 valence electrons. The molecule has 4 rings (SSSR count). The summed E-state index contributed by atoms with van der Waals surface area (Å²) < 4.78 is 12.7. The maximum absolute atomic E-state index is 13.3. The minimum Gasteiger partial charge on any atom is -0.507 e. The third kappa shape index (κ3) is 4.17. The largest absolute Gasteiger partial charge is 0.507 e. The first-order chi connectivity index (χ1) is 16.4. The fourth-order valence-corrected chi connectivity index (χ4v) is 4.70. The maximum atomic E-state index is 13.3. The Kier molecular flexibility index (Phi) is 6.95. The molecular formula is C26H27ClN2O5. The molecule has 1 unspecified atom stereocenters. The van der Waals surface area contributed by atoms with Gasteiger partial charge in [-0.3, -0.25) is 9.59 Å². The first-order valence-electron chi connectivity index (χ1n) is 11.1. The molecule has 0 radical (unpaired) electrons. The SMILES string of the molecule is CCOc1ccc(Cl)c(/C(O)=C2\C(=O)C(=O)N(CCCOC)C2c2cn(C)c3ccccc23)c1. The van der Waals surface area contributed by atoms with Crippen LogP contribution in [0.5, 0.6) is 5.75 Å². The van der Waals surface area contributed by atoms with E-state index in [1.54, 1.807) is 25.3 Å². The number of nitrogens with zero attached hydrogens (tertiary/aromatic N) is 2. The molecule has 1 saturated heterocycles. The number of amides is 1. The molecule has 0 saturated carbocycles. The number of halogens is 1. The van der Waals surface area contributed by atoms with Gasteiger partial charge in [-0.2, -0.15) is 0 Å². The fraction of sp³-hybridized carbons (Fsp3) is 0.308. The van der Waals surface area contributed by atoms with Crippen molar-refractivity contribution < 1.29 is 24.2 Å². The van der Waals surface area contributed by atoms with Gasteiger partial charge in [-0.1, -0.05) is 29.8 Å². The molecule has 1 aliphatic heterocycles. The fourth-order valence-electron chi connectivity index (χ4n) is 4.49. The van der Waals surface area contributed by atoms with Gasteiger partial charge in [-0.05, 0) is 37.6 Å². The van der Waals surface area contributed by atoms with Crippen LogP contribution in [-0.4, -0.2) is 53.1 Å². The first-order valence-corrected chi connectivity index (χ1v) is 11.5. The van der Waals surface area contributed by atoms with Crippen molar-refractivity contribution in [3.05, 3.63) is 70.4 Å². The Bertz CT molecular complexity index is 1280. The van der Waals surface area contributed by atoms with E-state index in [-0.39, 0.29) is 21.9 Å². The number of fused-ring (bicyclic) bond motifs is 1. The van der Waals surface area contributed by atoms with Crippen molar-refractivity contribution in [1.82, 2.24) is 9.47 Å². The van der Waals surface area contributed by atoms with E-state index in [1.807, 2.05) is 49.0 Å². The molecule has 7 nitrogen and oxygen atoms in total. The van der Waals surface area contributed by atoms with E-state index in [9.17, 15) is 14.7 Å². The number of aryl methyl sites for hydroxylation is 1. The lowest BCUT2D eigenvalue weighted by Gasteiger charge is -2.25. The zero-order valence-corrected chi connectivity index (χ0v) is 20.1. The van der Waals surface area contributed by atoms with Crippen LogP contribution in [0.2, 0.25) is 5.02 Å². The van der Waals surface area contributed by atoms with Gasteiger partial charge in [0.1, 0.15) is 11.5 Å². The van der Waals surface area contributed by atoms with Crippen LogP contribution in [0.1, 0.15) is 30.5 Å². The Morgan fingerprint density at radius 3 is 2.68 bits per heavy atom. The number of ketones is 1. The van der Waals surface area contributed by atoms with Crippen molar-refractivity contribution in [3.8, 4) is 5.75 Å². The van der Waals surface area contributed by atoms with E-state index in [1.165, 1.54) is 4.90 Å². The van der Waals surface area contributed by atoms with Crippen molar-refractivity contribution >= 4 is 40.0 Å². The van der Waals surface area contributed by atoms with Crippen LogP contribution in [0.25, 0.3) is 16.7 Å². The maximum Gasteiger partial charge on any atom is 0.295 e. The lowest BCUT2D eigenvalue weighted by atomic mass is 9.94. The van der Waals surface area contributed by atoms with E-state index in [2.05, 4.69) is 0 Å². The number of aliphatic hydroxyl groups is 1. The van der Waals surface area contributed by atoms with Gasteiger partial charge in [0.15, 0.2) is 0 Å². The highest BCUT2D eigenvalue weighted by atomic mass is 35.5. The average molecular weight is 483 g/mol. The monoisotopic (exact) mass is 482 g/mol. The molecule has 1 fully saturated rings. The van der Waals surface area contributed by atoms with Crippen molar-refractivity contribution in [1.29, 1.82) is 0 Å². The van der Waals surface area contributed by atoms with E-state index < -0.39 is 17.7 Å². The predicted molar refractivity (Wildman–Crippen MR) is 131 cm³/mol. The van der Waals surface area contributed by atoms with Gasteiger partial charge in [-0.15, -0.1) is 0 Å². The van der Waals surface area contributed by atoms with E-state index >= 15 is 0 Å². The number of rotatable bonds is 8. The number of ether oxygens (including phenoxy) is 2. The van der Waals surface area contributed by atoms with E-state index in [4.69, 9.17) is 21.1 Å². The number of methoxy groups -OCH3 is 1. The Morgan fingerprint density at radius 1 is 1.18 bits per heavy atom. The normalized spacial score (nSPS) is 17.6. The lowest BCUT2D eigenvalue weighted by Crippen LogP contribution is -2.31. The minimum absolute atomic E-state index is 0.00863. The van der Waals surface area contributed by atoms with Crippen LogP contribution in [0.4, 0.5) is 0 Å². The summed E-state index contributed by atoms with van der Waals surface area (Å²) in [6.07, 6.45) is 2.45. The van der Waals surface area contributed by atoms with Crippen LogP contribution in [0.3, 0.4) is 0 Å². The molecule has 1 atom stereocenters. The quantitative estimate of drug-likeness (QED) is 0.218. The number of hydrogen-bond acceptors (Lipinski definition) is 5. The molecule has 34 heavy (non-hydrogen) atoms.